The van der Waals surface area contributed by atoms with Crippen LogP contribution in [0.1, 0.15) is 11.3 Å². The number of hydrogen-bond donors (Lipinski definition) is 1. The fraction of sp³-hybridized carbons (Fsp3) is 0.375. The molecular weight excluding hydrogens is 176 g/mol. The van der Waals surface area contributed by atoms with Crippen LogP contribution in [0, 0.1) is 6.92 Å². The molecule has 2 N–H and O–H groups in total. The summed E-state index contributed by atoms with van der Waals surface area (Å²) in [4.78, 5) is 11.3. The number of nitrogens with zero attached hydrogens (tertiary/aromatic N) is 1. The molecule has 0 saturated heterocycles. The van der Waals surface area contributed by atoms with Gasteiger partial charge in [-0.25, -0.2) is 0 Å². The van der Waals surface area contributed by atoms with Gasteiger partial charge in [0.15, 0.2) is 0 Å². The molecule has 3 nitrogen and oxygen atoms in total. The van der Waals surface area contributed by atoms with Gasteiger partial charge < -0.3 is 10.3 Å². The molecule has 4 heteroatoms. The Morgan fingerprint density at radius 2 is 2.08 bits per heavy atom. The summed E-state index contributed by atoms with van der Waals surface area (Å²) in [5.41, 5.74) is 6.98. The van der Waals surface area contributed by atoms with Gasteiger partial charge >= 0.3 is 0 Å². The average Bonchev–Trinajstić information content (AvgIpc) is 2.01. The third-order valence-corrected chi connectivity index (χ3v) is 1.85. The zero-order valence-electron chi connectivity index (χ0n) is 7.20. The van der Waals surface area contributed by atoms with Crippen LogP contribution < -0.4 is 11.3 Å². The summed E-state index contributed by atoms with van der Waals surface area (Å²) in [7, 11) is 1.75. The van der Waals surface area contributed by atoms with E-state index in [0.717, 1.165) is 5.69 Å². The highest BCUT2D eigenvalue weighted by Gasteiger charge is 1.99. The van der Waals surface area contributed by atoms with Crippen molar-refractivity contribution >= 4 is 12.4 Å². The Kier molecular flexibility index (Phi) is 4.00. The Hall–Kier alpha value is -0.800. The maximum atomic E-state index is 11.3. The first kappa shape index (κ1) is 11.2. The summed E-state index contributed by atoms with van der Waals surface area (Å²) in [6, 6.07) is 3.67. The summed E-state index contributed by atoms with van der Waals surface area (Å²) in [5.74, 6) is 0. The van der Waals surface area contributed by atoms with Gasteiger partial charge in [-0.2, -0.15) is 0 Å². The van der Waals surface area contributed by atoms with E-state index in [1.165, 1.54) is 0 Å². The van der Waals surface area contributed by atoms with E-state index in [4.69, 9.17) is 5.73 Å². The summed E-state index contributed by atoms with van der Waals surface area (Å²) in [6.45, 7) is 2.20. The van der Waals surface area contributed by atoms with Gasteiger partial charge in [0.25, 0.3) is 5.56 Å². The highest BCUT2D eigenvalue weighted by molar-refractivity contribution is 5.85. The number of aromatic nitrogens is 1. The van der Waals surface area contributed by atoms with Gasteiger partial charge in [-0.15, -0.1) is 12.4 Å². The summed E-state index contributed by atoms with van der Waals surface area (Å²) in [5, 5.41) is 0. The molecule has 0 aliphatic rings. The third-order valence-electron chi connectivity index (χ3n) is 1.85. The van der Waals surface area contributed by atoms with Crippen LogP contribution in [0.2, 0.25) is 0 Å². The number of pyridine rings is 1. The predicted molar refractivity (Wildman–Crippen MR) is 51.6 cm³/mol. The number of nitrogens with two attached hydrogens (primary N) is 1. The molecule has 0 aliphatic carbocycles. The molecule has 0 atom stereocenters. The van der Waals surface area contributed by atoms with E-state index in [0.29, 0.717) is 12.1 Å². The van der Waals surface area contributed by atoms with E-state index >= 15 is 0 Å². The molecule has 0 aliphatic heterocycles. The minimum Gasteiger partial charge on any atom is -0.326 e. The van der Waals surface area contributed by atoms with Gasteiger partial charge in [-0.05, 0) is 13.0 Å². The number of hydrogen-bond acceptors (Lipinski definition) is 2. The molecule has 1 rings (SSSR count). The van der Waals surface area contributed by atoms with E-state index in [9.17, 15) is 4.79 Å². The highest BCUT2D eigenvalue weighted by atomic mass is 35.5. The van der Waals surface area contributed by atoms with Gasteiger partial charge in [-0.1, -0.05) is 6.07 Å². The Bertz CT molecular complexity index is 319. The summed E-state index contributed by atoms with van der Waals surface area (Å²) >= 11 is 0. The number of halogens is 1. The fourth-order valence-electron chi connectivity index (χ4n) is 0.935. The van der Waals surface area contributed by atoms with Crippen molar-refractivity contribution in [2.75, 3.05) is 0 Å². The average molecular weight is 189 g/mol. The lowest BCUT2D eigenvalue weighted by Crippen LogP contribution is -2.24. The quantitative estimate of drug-likeness (QED) is 0.701. The zero-order chi connectivity index (χ0) is 8.43. The lowest BCUT2D eigenvalue weighted by Gasteiger charge is -2.03. The van der Waals surface area contributed by atoms with Crippen LogP contribution in [0.3, 0.4) is 0 Å². The number of rotatable bonds is 1. The second-order valence-corrected chi connectivity index (χ2v) is 2.57. The molecule has 0 amide bonds. The Morgan fingerprint density at radius 1 is 1.50 bits per heavy atom. The molecular formula is C8H13ClN2O. The monoisotopic (exact) mass is 188 g/mol. The van der Waals surface area contributed by atoms with Gasteiger partial charge in [0.2, 0.25) is 0 Å². The van der Waals surface area contributed by atoms with E-state index in [-0.39, 0.29) is 18.0 Å². The lowest BCUT2D eigenvalue weighted by molar-refractivity contribution is 0.795. The molecule has 0 saturated carbocycles. The topological polar surface area (TPSA) is 48.0 Å². The molecule has 1 aromatic rings. The Morgan fingerprint density at radius 3 is 2.58 bits per heavy atom. The Labute approximate surface area is 77.6 Å². The van der Waals surface area contributed by atoms with Crippen molar-refractivity contribution in [1.29, 1.82) is 0 Å². The van der Waals surface area contributed by atoms with Crippen molar-refractivity contribution < 1.29 is 0 Å². The molecule has 68 valence electrons. The molecule has 12 heavy (non-hydrogen) atoms. The SMILES string of the molecule is Cc1ccc(CN)c(=O)n1C.Cl. The first-order chi connectivity index (χ1) is 5.16. The van der Waals surface area contributed by atoms with E-state index in [2.05, 4.69) is 0 Å². The molecule has 0 radical (unpaired) electrons. The minimum atomic E-state index is 0. The van der Waals surface area contributed by atoms with Gasteiger partial charge in [0.1, 0.15) is 0 Å². The molecule has 0 fully saturated rings. The van der Waals surface area contributed by atoms with Crippen LogP contribution in [-0.2, 0) is 13.6 Å². The summed E-state index contributed by atoms with van der Waals surface area (Å²) < 4.78 is 1.60. The van der Waals surface area contributed by atoms with Crippen molar-refractivity contribution in [2.45, 2.75) is 13.5 Å². The maximum Gasteiger partial charge on any atom is 0.254 e. The fourth-order valence-corrected chi connectivity index (χ4v) is 0.935. The van der Waals surface area contributed by atoms with E-state index in [1.54, 1.807) is 17.7 Å². The van der Waals surface area contributed by atoms with Gasteiger partial charge in [0.05, 0.1) is 0 Å². The maximum absolute atomic E-state index is 11.3. The third kappa shape index (κ3) is 1.87. The van der Waals surface area contributed by atoms with Gasteiger partial charge in [-0.3, -0.25) is 4.79 Å². The molecule has 1 aromatic heterocycles. The van der Waals surface area contributed by atoms with Crippen molar-refractivity contribution in [2.24, 2.45) is 12.8 Å². The molecule has 1 heterocycles. The van der Waals surface area contributed by atoms with Crippen LogP contribution in [-0.4, -0.2) is 4.57 Å². The largest absolute Gasteiger partial charge is 0.326 e. The van der Waals surface area contributed by atoms with Crippen molar-refractivity contribution in [3.8, 4) is 0 Å². The highest BCUT2D eigenvalue weighted by Crippen LogP contribution is 1.94. The van der Waals surface area contributed by atoms with Crippen LogP contribution >= 0.6 is 12.4 Å². The Balaban J connectivity index is 0.00000121. The second-order valence-electron chi connectivity index (χ2n) is 2.57. The van der Waals surface area contributed by atoms with Crippen molar-refractivity contribution in [1.82, 2.24) is 4.57 Å². The predicted octanol–water partition coefficient (Wildman–Crippen LogP) is 0.574. The lowest BCUT2D eigenvalue weighted by atomic mass is 10.2. The van der Waals surface area contributed by atoms with Crippen molar-refractivity contribution in [3.05, 3.63) is 33.7 Å². The van der Waals surface area contributed by atoms with Crippen LogP contribution in [0.15, 0.2) is 16.9 Å². The summed E-state index contributed by atoms with van der Waals surface area (Å²) in [6.07, 6.45) is 0. The van der Waals surface area contributed by atoms with Crippen LogP contribution in [0.4, 0.5) is 0 Å². The molecule has 0 spiro atoms. The first-order valence-corrected chi connectivity index (χ1v) is 3.52. The second kappa shape index (κ2) is 4.28. The minimum absolute atomic E-state index is 0. The van der Waals surface area contributed by atoms with Gasteiger partial charge in [0, 0.05) is 24.8 Å². The number of aryl methyl sites for hydroxylation is 1. The zero-order valence-corrected chi connectivity index (χ0v) is 8.02. The molecule has 0 aromatic carbocycles. The van der Waals surface area contributed by atoms with Crippen molar-refractivity contribution in [3.63, 3.8) is 0 Å². The van der Waals surface area contributed by atoms with E-state index in [1.807, 2.05) is 13.0 Å². The normalized spacial score (nSPS) is 9.25. The first-order valence-electron chi connectivity index (χ1n) is 3.52. The standard InChI is InChI=1S/C8H12N2O.ClH/c1-6-3-4-7(5-9)8(11)10(6)2;/h3-4H,5,9H2,1-2H3;1H. The van der Waals surface area contributed by atoms with Crippen LogP contribution in [0.25, 0.3) is 0 Å². The van der Waals surface area contributed by atoms with Crippen LogP contribution in [0.5, 0.6) is 0 Å². The molecule has 0 unspecified atom stereocenters. The van der Waals surface area contributed by atoms with E-state index < -0.39 is 0 Å². The molecule has 0 bridgehead atoms. The smallest absolute Gasteiger partial charge is 0.254 e.